The third kappa shape index (κ3) is 3.90. The molecule has 24 heavy (non-hydrogen) atoms. The van der Waals surface area contributed by atoms with Crippen LogP contribution in [0.3, 0.4) is 0 Å². The second-order valence-corrected chi connectivity index (χ2v) is 5.95. The average Bonchev–Trinajstić information content (AvgIpc) is 2.67. The van der Waals surface area contributed by atoms with Crippen LogP contribution in [0.25, 0.3) is 0 Å². The fraction of sp³-hybridized carbons (Fsp3) is 0.316. The Bertz CT molecular complexity index is 760. The number of rotatable bonds is 4. The highest BCUT2D eigenvalue weighted by atomic mass is 16.1. The third-order valence-electron chi connectivity index (χ3n) is 4.20. The molecule has 1 amide bonds. The molecule has 1 fully saturated rings. The Hall–Kier alpha value is -2.87. The molecule has 0 unspecified atom stereocenters. The van der Waals surface area contributed by atoms with E-state index in [-0.39, 0.29) is 5.91 Å². The maximum atomic E-state index is 12.2. The summed E-state index contributed by atoms with van der Waals surface area (Å²) in [4.78, 5) is 19.0. The average molecular weight is 320 g/mol. The first-order valence-corrected chi connectivity index (χ1v) is 8.24. The molecule has 3 rings (SSSR count). The molecule has 0 saturated carbocycles. The molecular weight excluding hydrogens is 300 g/mol. The molecule has 2 aromatic rings. The molecule has 0 spiro atoms. The molecule has 1 N–H and O–H groups in total. The zero-order valence-corrected chi connectivity index (χ0v) is 13.5. The number of carbonyl (C=O) groups is 1. The van der Waals surface area contributed by atoms with Gasteiger partial charge in [-0.25, -0.2) is 4.98 Å². The lowest BCUT2D eigenvalue weighted by Gasteiger charge is -2.27. The molecule has 122 valence electrons. The predicted octanol–water partition coefficient (Wildman–Crippen LogP) is 2.87. The number of pyridine rings is 1. The molecule has 0 radical (unpaired) electrons. The first-order valence-electron chi connectivity index (χ1n) is 8.24. The maximum absolute atomic E-state index is 12.2. The maximum Gasteiger partial charge on any atom is 0.251 e. The Labute approximate surface area is 141 Å². The summed E-state index contributed by atoms with van der Waals surface area (Å²) in [6, 6.07) is 12.7. The van der Waals surface area contributed by atoms with Crippen molar-refractivity contribution >= 4 is 11.7 Å². The number of aromatic nitrogens is 1. The van der Waals surface area contributed by atoms with Crippen molar-refractivity contribution < 1.29 is 4.79 Å². The molecule has 1 saturated heterocycles. The van der Waals surface area contributed by atoms with Crippen LogP contribution in [0.4, 0.5) is 5.82 Å². The van der Waals surface area contributed by atoms with Crippen LogP contribution in [0.1, 0.15) is 40.7 Å². The highest BCUT2D eigenvalue weighted by molar-refractivity contribution is 5.94. The van der Waals surface area contributed by atoms with Crippen molar-refractivity contribution in [3.8, 4) is 6.07 Å². The summed E-state index contributed by atoms with van der Waals surface area (Å²) in [6.07, 6.45) is 5.49. The van der Waals surface area contributed by atoms with Gasteiger partial charge in [0.1, 0.15) is 5.82 Å². The lowest BCUT2D eigenvalue weighted by Crippen LogP contribution is -2.30. The molecule has 5 nitrogen and oxygen atoms in total. The first kappa shape index (κ1) is 16.0. The van der Waals surface area contributed by atoms with E-state index in [1.54, 1.807) is 30.5 Å². The van der Waals surface area contributed by atoms with Crippen LogP contribution in [-0.2, 0) is 6.54 Å². The number of carbonyl (C=O) groups excluding carboxylic acids is 1. The number of hydrogen-bond donors (Lipinski definition) is 1. The minimum Gasteiger partial charge on any atom is -0.357 e. The van der Waals surface area contributed by atoms with E-state index in [4.69, 9.17) is 5.26 Å². The van der Waals surface area contributed by atoms with Crippen LogP contribution < -0.4 is 10.2 Å². The van der Waals surface area contributed by atoms with Crippen molar-refractivity contribution in [2.75, 3.05) is 18.0 Å². The van der Waals surface area contributed by atoms with E-state index < -0.39 is 0 Å². The van der Waals surface area contributed by atoms with E-state index in [9.17, 15) is 4.79 Å². The van der Waals surface area contributed by atoms with Crippen molar-refractivity contribution in [1.29, 1.82) is 5.26 Å². The van der Waals surface area contributed by atoms with Crippen molar-refractivity contribution in [2.45, 2.75) is 25.8 Å². The second kappa shape index (κ2) is 7.60. The summed E-state index contributed by atoms with van der Waals surface area (Å²) in [5, 5.41) is 11.8. The lowest BCUT2D eigenvalue weighted by atomic mass is 10.1. The van der Waals surface area contributed by atoms with Crippen LogP contribution >= 0.6 is 0 Å². The predicted molar refractivity (Wildman–Crippen MR) is 92.6 cm³/mol. The minimum absolute atomic E-state index is 0.177. The van der Waals surface area contributed by atoms with Crippen LogP contribution in [0.5, 0.6) is 0 Å². The minimum atomic E-state index is -0.177. The number of hydrogen-bond acceptors (Lipinski definition) is 4. The lowest BCUT2D eigenvalue weighted by molar-refractivity contribution is 0.0951. The SMILES string of the molecule is N#Cc1cccc(C(=O)NCc2ccnc(N3CCCCC3)c2)c1. The number of benzene rings is 1. The molecule has 5 heteroatoms. The van der Waals surface area contributed by atoms with Crippen molar-refractivity contribution in [2.24, 2.45) is 0 Å². The summed E-state index contributed by atoms with van der Waals surface area (Å²) < 4.78 is 0. The number of piperidine rings is 1. The van der Waals surface area contributed by atoms with Gasteiger partial charge in [-0.3, -0.25) is 4.79 Å². The van der Waals surface area contributed by atoms with Crippen molar-refractivity contribution in [3.05, 3.63) is 59.3 Å². The van der Waals surface area contributed by atoms with E-state index in [0.29, 0.717) is 17.7 Å². The Morgan fingerprint density at radius 1 is 1.21 bits per heavy atom. The Morgan fingerprint density at radius 2 is 2.04 bits per heavy atom. The van der Waals surface area contributed by atoms with Crippen LogP contribution in [0.15, 0.2) is 42.6 Å². The largest absolute Gasteiger partial charge is 0.357 e. The summed E-state index contributed by atoms with van der Waals surface area (Å²) >= 11 is 0. The van der Waals surface area contributed by atoms with E-state index in [1.165, 1.54) is 19.3 Å². The normalized spacial score (nSPS) is 14.0. The van der Waals surface area contributed by atoms with Gasteiger partial charge < -0.3 is 10.2 Å². The summed E-state index contributed by atoms with van der Waals surface area (Å²) in [6.45, 7) is 2.53. The topological polar surface area (TPSA) is 69.0 Å². The van der Waals surface area contributed by atoms with E-state index in [0.717, 1.165) is 24.5 Å². The third-order valence-corrected chi connectivity index (χ3v) is 4.20. The van der Waals surface area contributed by atoms with Gasteiger partial charge in [0, 0.05) is 31.4 Å². The number of nitrogens with one attached hydrogen (secondary N) is 1. The summed E-state index contributed by atoms with van der Waals surface area (Å²) in [5.41, 5.74) is 2.01. The molecule has 1 aromatic heterocycles. The van der Waals surface area contributed by atoms with Crippen LogP contribution in [0.2, 0.25) is 0 Å². The fourth-order valence-electron chi connectivity index (χ4n) is 2.88. The monoisotopic (exact) mass is 320 g/mol. The number of nitrogens with zero attached hydrogens (tertiary/aromatic N) is 3. The number of amides is 1. The van der Waals surface area contributed by atoms with Gasteiger partial charge in [-0.2, -0.15) is 5.26 Å². The highest BCUT2D eigenvalue weighted by Gasteiger charge is 2.12. The quantitative estimate of drug-likeness (QED) is 0.940. The molecule has 0 bridgehead atoms. The molecule has 0 atom stereocenters. The molecular formula is C19H20N4O. The van der Waals surface area contributed by atoms with Gasteiger partial charge in [0.05, 0.1) is 11.6 Å². The van der Waals surface area contributed by atoms with Crippen LogP contribution in [0, 0.1) is 11.3 Å². The van der Waals surface area contributed by atoms with Crippen molar-refractivity contribution in [3.63, 3.8) is 0 Å². The molecule has 1 aliphatic rings. The number of anilines is 1. The highest BCUT2D eigenvalue weighted by Crippen LogP contribution is 2.18. The zero-order valence-electron chi connectivity index (χ0n) is 13.5. The van der Waals surface area contributed by atoms with Gasteiger partial charge in [-0.1, -0.05) is 6.07 Å². The van der Waals surface area contributed by atoms with E-state index >= 15 is 0 Å². The van der Waals surface area contributed by atoms with E-state index in [1.807, 2.05) is 18.2 Å². The molecule has 1 aliphatic heterocycles. The fourth-order valence-corrected chi connectivity index (χ4v) is 2.88. The summed E-state index contributed by atoms with van der Waals surface area (Å²) in [7, 11) is 0. The van der Waals surface area contributed by atoms with Gasteiger partial charge in [-0.05, 0) is 55.2 Å². The second-order valence-electron chi connectivity index (χ2n) is 5.95. The van der Waals surface area contributed by atoms with Gasteiger partial charge in [0.2, 0.25) is 0 Å². The van der Waals surface area contributed by atoms with Crippen molar-refractivity contribution in [1.82, 2.24) is 10.3 Å². The van der Waals surface area contributed by atoms with Gasteiger partial charge in [-0.15, -0.1) is 0 Å². The first-order chi connectivity index (χ1) is 11.8. The molecule has 2 heterocycles. The zero-order chi connectivity index (χ0) is 16.8. The van der Waals surface area contributed by atoms with E-state index in [2.05, 4.69) is 15.2 Å². The van der Waals surface area contributed by atoms with Gasteiger partial charge in [0.15, 0.2) is 0 Å². The molecule has 1 aromatic carbocycles. The Kier molecular flexibility index (Phi) is 5.07. The van der Waals surface area contributed by atoms with Gasteiger partial charge >= 0.3 is 0 Å². The Morgan fingerprint density at radius 3 is 2.83 bits per heavy atom. The smallest absolute Gasteiger partial charge is 0.251 e. The Balaban J connectivity index is 1.63. The summed E-state index contributed by atoms with van der Waals surface area (Å²) in [5.74, 6) is 0.802. The molecule has 0 aliphatic carbocycles. The standard InChI is InChI=1S/C19H20N4O/c20-13-15-5-4-6-17(11-15)19(24)22-14-16-7-8-21-18(12-16)23-9-2-1-3-10-23/h4-8,11-12H,1-3,9-10,14H2,(H,22,24). The van der Waals surface area contributed by atoms with Crippen LogP contribution in [-0.4, -0.2) is 24.0 Å². The van der Waals surface area contributed by atoms with Gasteiger partial charge in [0.25, 0.3) is 5.91 Å². The number of nitriles is 1.